The number of halogens is 1. The highest BCUT2D eigenvalue weighted by atomic mass is 35.5. The summed E-state index contributed by atoms with van der Waals surface area (Å²) < 4.78 is 25.6. The molecule has 1 aromatic rings. The summed E-state index contributed by atoms with van der Waals surface area (Å²) in [6.07, 6.45) is 1.95. The van der Waals surface area contributed by atoms with Crippen LogP contribution in [0, 0.1) is 0 Å². The second kappa shape index (κ2) is 6.64. The van der Waals surface area contributed by atoms with Crippen LogP contribution < -0.4 is 0 Å². The van der Waals surface area contributed by atoms with Gasteiger partial charge in [0.1, 0.15) is 0 Å². The molecule has 3 nitrogen and oxygen atoms in total. The maximum atomic E-state index is 12.1. The van der Waals surface area contributed by atoms with Gasteiger partial charge < -0.3 is 0 Å². The third-order valence-electron chi connectivity index (χ3n) is 2.40. The summed E-state index contributed by atoms with van der Waals surface area (Å²) >= 11 is 7.29. The van der Waals surface area contributed by atoms with Gasteiger partial charge in [0.25, 0.3) is 0 Å². The molecule has 1 rings (SSSR count). The van der Waals surface area contributed by atoms with Crippen molar-refractivity contribution in [3.8, 4) is 0 Å². The molecule has 0 bridgehead atoms. The lowest BCUT2D eigenvalue weighted by molar-refractivity contribution is 0.488. The summed E-state index contributed by atoms with van der Waals surface area (Å²) in [7, 11) is -1.76. The van der Waals surface area contributed by atoms with E-state index < -0.39 is 10.0 Å². The molecule has 96 valence electrons. The molecule has 0 atom stereocenters. The molecule has 0 spiro atoms. The van der Waals surface area contributed by atoms with Crippen molar-refractivity contribution in [1.82, 2.24) is 4.31 Å². The number of nitrogens with zero attached hydrogens (tertiary/aromatic N) is 1. The molecule has 0 aliphatic heterocycles. The van der Waals surface area contributed by atoms with Gasteiger partial charge in [-0.2, -0.15) is 11.8 Å². The molecule has 0 saturated carbocycles. The van der Waals surface area contributed by atoms with E-state index in [1.165, 1.54) is 4.31 Å². The Balaban J connectivity index is 2.88. The van der Waals surface area contributed by atoms with E-state index in [1.54, 1.807) is 43.1 Å². The van der Waals surface area contributed by atoms with Crippen LogP contribution in [0.25, 0.3) is 0 Å². The number of hydrogen-bond donors (Lipinski definition) is 0. The maximum Gasteiger partial charge on any atom is 0.242 e. The van der Waals surface area contributed by atoms with E-state index in [0.717, 1.165) is 11.3 Å². The highest BCUT2D eigenvalue weighted by Gasteiger charge is 2.19. The highest BCUT2D eigenvalue weighted by molar-refractivity contribution is 7.98. The minimum absolute atomic E-state index is 0.315. The maximum absolute atomic E-state index is 12.1. The predicted molar refractivity (Wildman–Crippen MR) is 74.2 cm³/mol. The molecule has 0 unspecified atom stereocenters. The lowest BCUT2D eigenvalue weighted by Gasteiger charge is -2.16. The number of hydrogen-bond acceptors (Lipinski definition) is 3. The minimum Gasteiger partial charge on any atom is -0.207 e. The number of benzene rings is 1. The monoisotopic (exact) mass is 293 g/mol. The Labute approximate surface area is 112 Å². The van der Waals surface area contributed by atoms with Crippen LogP contribution in [0.1, 0.15) is 5.56 Å². The van der Waals surface area contributed by atoms with Gasteiger partial charge in [0.2, 0.25) is 10.0 Å². The number of thioether (sulfide) groups is 1. The van der Waals surface area contributed by atoms with Gasteiger partial charge in [0.05, 0.1) is 4.90 Å². The molecule has 0 fully saturated rings. The Morgan fingerprint density at radius 1 is 1.29 bits per heavy atom. The number of sulfonamides is 1. The molecule has 0 aliphatic rings. The third-order valence-corrected chi connectivity index (χ3v) is 5.17. The van der Waals surface area contributed by atoms with Crippen LogP contribution in [0.4, 0.5) is 0 Å². The molecule has 0 heterocycles. The molecule has 6 heteroatoms. The summed E-state index contributed by atoms with van der Waals surface area (Å²) in [5, 5.41) is 0. The van der Waals surface area contributed by atoms with Gasteiger partial charge in [-0.1, -0.05) is 12.1 Å². The summed E-state index contributed by atoms with van der Waals surface area (Å²) in [5.74, 6) is 1.18. The van der Waals surface area contributed by atoms with E-state index in [2.05, 4.69) is 0 Å². The fraction of sp³-hybridized carbons (Fsp3) is 0.455. The molecule has 0 amide bonds. The smallest absolute Gasteiger partial charge is 0.207 e. The van der Waals surface area contributed by atoms with Gasteiger partial charge in [-0.05, 0) is 24.0 Å². The zero-order chi connectivity index (χ0) is 12.9. The summed E-state index contributed by atoms with van der Waals surface area (Å²) in [6.45, 7) is 0.515. The van der Waals surface area contributed by atoms with Gasteiger partial charge in [0.15, 0.2) is 0 Å². The largest absolute Gasteiger partial charge is 0.242 e. The van der Waals surface area contributed by atoms with Crippen LogP contribution in [0.15, 0.2) is 29.2 Å². The second-order valence-electron chi connectivity index (χ2n) is 3.60. The fourth-order valence-electron chi connectivity index (χ4n) is 1.27. The quantitative estimate of drug-likeness (QED) is 0.756. The first-order chi connectivity index (χ1) is 8.02. The molecule has 0 radical (unpaired) electrons. The number of rotatable bonds is 6. The molecular weight excluding hydrogens is 278 g/mol. The van der Waals surface area contributed by atoms with Crippen LogP contribution in [-0.4, -0.2) is 38.3 Å². The average Bonchev–Trinajstić information content (AvgIpc) is 2.35. The lowest BCUT2D eigenvalue weighted by Crippen LogP contribution is -2.29. The first kappa shape index (κ1) is 14.8. The normalized spacial score (nSPS) is 12.0. The minimum atomic E-state index is -3.36. The third kappa shape index (κ3) is 3.88. The number of alkyl halides is 1. The second-order valence-corrected chi connectivity index (χ2v) is 6.89. The molecule has 0 aliphatic carbocycles. The van der Waals surface area contributed by atoms with Gasteiger partial charge in [0, 0.05) is 25.2 Å². The molecule has 17 heavy (non-hydrogen) atoms. The van der Waals surface area contributed by atoms with E-state index in [4.69, 9.17) is 11.6 Å². The summed E-state index contributed by atoms with van der Waals surface area (Å²) in [5.41, 5.74) is 0.914. The summed E-state index contributed by atoms with van der Waals surface area (Å²) in [4.78, 5) is 0.315. The fourth-order valence-corrected chi connectivity index (χ4v) is 3.19. The molecule has 1 aromatic carbocycles. The van der Waals surface area contributed by atoms with Crippen molar-refractivity contribution in [3.63, 3.8) is 0 Å². The topological polar surface area (TPSA) is 37.4 Å². The van der Waals surface area contributed by atoms with Crippen molar-refractivity contribution in [2.45, 2.75) is 10.8 Å². The van der Waals surface area contributed by atoms with Crippen molar-refractivity contribution >= 4 is 33.4 Å². The molecular formula is C11H16ClNO2S2. The SMILES string of the molecule is CSCCN(C)S(=O)(=O)c1ccc(CCl)cc1. The molecule has 0 saturated heterocycles. The predicted octanol–water partition coefficient (Wildman–Crippen LogP) is 2.41. The van der Waals surface area contributed by atoms with Crippen molar-refractivity contribution in [2.75, 3.05) is 25.6 Å². The van der Waals surface area contributed by atoms with Crippen LogP contribution in [0.3, 0.4) is 0 Å². The van der Waals surface area contributed by atoms with Crippen molar-refractivity contribution in [3.05, 3.63) is 29.8 Å². The van der Waals surface area contributed by atoms with E-state index in [9.17, 15) is 8.42 Å². The first-order valence-electron chi connectivity index (χ1n) is 5.12. The van der Waals surface area contributed by atoms with E-state index in [1.807, 2.05) is 6.26 Å². The molecule has 0 aromatic heterocycles. The van der Waals surface area contributed by atoms with Crippen molar-refractivity contribution in [2.24, 2.45) is 0 Å². The Morgan fingerprint density at radius 2 is 1.88 bits per heavy atom. The Bertz CT molecular complexity index is 445. The van der Waals surface area contributed by atoms with Crippen molar-refractivity contribution in [1.29, 1.82) is 0 Å². The zero-order valence-electron chi connectivity index (χ0n) is 9.89. The van der Waals surface area contributed by atoms with E-state index in [-0.39, 0.29) is 0 Å². The first-order valence-corrected chi connectivity index (χ1v) is 8.49. The van der Waals surface area contributed by atoms with Crippen LogP contribution in [0.2, 0.25) is 0 Å². The van der Waals surface area contributed by atoms with Crippen LogP contribution in [-0.2, 0) is 15.9 Å². The Morgan fingerprint density at radius 3 is 2.35 bits per heavy atom. The van der Waals surface area contributed by atoms with Crippen LogP contribution >= 0.6 is 23.4 Å². The summed E-state index contributed by atoms with van der Waals surface area (Å²) in [6, 6.07) is 6.68. The van der Waals surface area contributed by atoms with Gasteiger partial charge in [-0.25, -0.2) is 12.7 Å². The van der Waals surface area contributed by atoms with Gasteiger partial charge in [-0.15, -0.1) is 11.6 Å². The Kier molecular flexibility index (Phi) is 5.79. The van der Waals surface area contributed by atoms with Gasteiger partial charge in [-0.3, -0.25) is 0 Å². The zero-order valence-corrected chi connectivity index (χ0v) is 12.3. The standard InChI is InChI=1S/C11H16ClNO2S2/c1-13(7-8-16-2)17(14,15)11-5-3-10(9-12)4-6-11/h3-6H,7-9H2,1-2H3. The lowest BCUT2D eigenvalue weighted by atomic mass is 10.2. The van der Waals surface area contributed by atoms with E-state index in [0.29, 0.717) is 17.3 Å². The average molecular weight is 294 g/mol. The van der Waals surface area contributed by atoms with Crippen molar-refractivity contribution < 1.29 is 8.42 Å². The van der Waals surface area contributed by atoms with Crippen LogP contribution in [0.5, 0.6) is 0 Å². The van der Waals surface area contributed by atoms with Gasteiger partial charge >= 0.3 is 0 Å². The highest BCUT2D eigenvalue weighted by Crippen LogP contribution is 2.16. The molecule has 0 N–H and O–H groups in total. The van der Waals surface area contributed by atoms with E-state index >= 15 is 0 Å². The Hall–Kier alpha value is -0.230.